The van der Waals surface area contributed by atoms with Crippen molar-refractivity contribution in [3.63, 3.8) is 0 Å². The summed E-state index contributed by atoms with van der Waals surface area (Å²) in [4.78, 5) is 0. The molecule has 0 aliphatic rings. The molecule has 0 radical (unpaired) electrons. The summed E-state index contributed by atoms with van der Waals surface area (Å²) < 4.78 is 5.56. The van der Waals surface area contributed by atoms with E-state index in [0.717, 1.165) is 17.7 Å². The molecule has 22 heavy (non-hydrogen) atoms. The van der Waals surface area contributed by atoms with Gasteiger partial charge in [-0.3, -0.25) is 0 Å². The first-order valence-electron chi connectivity index (χ1n) is 7.82. The molecule has 2 rings (SSSR count). The minimum absolute atomic E-state index is 0.536. The number of unbranched alkanes of at least 4 members (excludes halogenated alkanes) is 1. The smallest absolute Gasteiger partial charge is 0.119 e. The van der Waals surface area contributed by atoms with E-state index in [9.17, 15) is 0 Å². The van der Waals surface area contributed by atoms with Crippen LogP contribution in [-0.2, 0) is 6.42 Å². The number of rotatable bonds is 6. The van der Waals surface area contributed by atoms with Crippen molar-refractivity contribution < 1.29 is 4.74 Å². The van der Waals surface area contributed by atoms with Crippen LogP contribution in [0.5, 0.6) is 5.75 Å². The maximum atomic E-state index is 5.56. The van der Waals surface area contributed by atoms with E-state index in [1.54, 1.807) is 0 Å². The summed E-state index contributed by atoms with van der Waals surface area (Å²) in [6.07, 6.45) is 7.40. The van der Waals surface area contributed by atoms with Gasteiger partial charge in [-0.15, -0.1) is 0 Å². The monoisotopic (exact) mass is 290 g/mol. The molecular formula is C21H22O. The summed E-state index contributed by atoms with van der Waals surface area (Å²) in [6, 6.07) is 18.3. The maximum Gasteiger partial charge on any atom is 0.119 e. The van der Waals surface area contributed by atoms with Gasteiger partial charge in [-0.25, -0.2) is 0 Å². The summed E-state index contributed by atoms with van der Waals surface area (Å²) >= 11 is 0. The normalized spacial score (nSPS) is 10.2. The first-order valence-corrected chi connectivity index (χ1v) is 7.82. The Kier molecular flexibility index (Phi) is 6.85. The molecule has 0 unspecified atom stereocenters. The Morgan fingerprint density at radius 3 is 2.50 bits per heavy atom. The molecule has 1 nitrogen and oxygen atoms in total. The summed E-state index contributed by atoms with van der Waals surface area (Å²) in [5, 5.41) is 0. The second kappa shape index (κ2) is 9.47. The molecule has 1 heteroatoms. The fraction of sp³-hybridized carbons (Fsp3) is 0.238. The van der Waals surface area contributed by atoms with E-state index in [0.29, 0.717) is 6.61 Å². The van der Waals surface area contributed by atoms with Gasteiger partial charge >= 0.3 is 0 Å². The van der Waals surface area contributed by atoms with Gasteiger partial charge in [0.1, 0.15) is 12.4 Å². The molecule has 0 saturated heterocycles. The molecule has 0 aliphatic heterocycles. The Morgan fingerprint density at radius 2 is 1.77 bits per heavy atom. The van der Waals surface area contributed by atoms with Crippen LogP contribution in [0.2, 0.25) is 0 Å². The molecule has 2 aromatic rings. The highest BCUT2D eigenvalue weighted by Crippen LogP contribution is 2.08. The predicted molar refractivity (Wildman–Crippen MR) is 93.0 cm³/mol. The van der Waals surface area contributed by atoms with E-state index in [1.165, 1.54) is 18.4 Å². The van der Waals surface area contributed by atoms with E-state index in [1.807, 2.05) is 42.5 Å². The minimum Gasteiger partial charge on any atom is -0.490 e. The summed E-state index contributed by atoms with van der Waals surface area (Å²) in [7, 11) is 0. The van der Waals surface area contributed by atoms with Crippen LogP contribution < -0.4 is 4.74 Å². The van der Waals surface area contributed by atoms with Crippen LogP contribution in [0.15, 0.2) is 66.7 Å². The number of hydrogen-bond donors (Lipinski definition) is 0. The molecule has 0 atom stereocenters. The number of benzene rings is 2. The second-order valence-corrected chi connectivity index (χ2v) is 5.10. The summed E-state index contributed by atoms with van der Waals surface area (Å²) in [5.74, 6) is 7.05. The molecule has 0 fully saturated rings. The Labute approximate surface area is 133 Å². The Balaban J connectivity index is 1.77. The molecule has 112 valence electrons. The van der Waals surface area contributed by atoms with E-state index in [-0.39, 0.29) is 0 Å². The van der Waals surface area contributed by atoms with Crippen molar-refractivity contribution in [3.8, 4) is 17.6 Å². The molecule has 0 aromatic heterocycles. The van der Waals surface area contributed by atoms with Gasteiger partial charge < -0.3 is 4.74 Å². The van der Waals surface area contributed by atoms with Gasteiger partial charge in [0.15, 0.2) is 0 Å². The lowest BCUT2D eigenvalue weighted by atomic mass is 10.1. The van der Waals surface area contributed by atoms with Gasteiger partial charge in [-0.2, -0.15) is 0 Å². The van der Waals surface area contributed by atoms with E-state index < -0.39 is 0 Å². The maximum absolute atomic E-state index is 5.56. The third-order valence-corrected chi connectivity index (χ3v) is 3.28. The highest BCUT2D eigenvalue weighted by molar-refractivity contribution is 5.38. The second-order valence-electron chi connectivity index (χ2n) is 5.10. The SMILES string of the molecule is CCCCc1ccc(C#C/C=C\COc2ccccc2)cc1. The van der Waals surface area contributed by atoms with Gasteiger partial charge in [0.2, 0.25) is 0 Å². The van der Waals surface area contributed by atoms with Crippen LogP contribution in [0.1, 0.15) is 30.9 Å². The first-order chi connectivity index (χ1) is 10.9. The van der Waals surface area contributed by atoms with Crippen LogP contribution in [0.3, 0.4) is 0 Å². The van der Waals surface area contributed by atoms with Gasteiger partial charge in [0.25, 0.3) is 0 Å². The molecule has 0 amide bonds. The third-order valence-electron chi connectivity index (χ3n) is 3.28. The fourth-order valence-electron chi connectivity index (χ4n) is 2.03. The number of hydrogen-bond acceptors (Lipinski definition) is 1. The van der Waals surface area contributed by atoms with Crippen LogP contribution in [0, 0.1) is 11.8 Å². The lowest BCUT2D eigenvalue weighted by molar-refractivity contribution is 0.363. The zero-order valence-corrected chi connectivity index (χ0v) is 13.1. The van der Waals surface area contributed by atoms with Gasteiger partial charge in [0.05, 0.1) is 0 Å². The van der Waals surface area contributed by atoms with Crippen LogP contribution in [0.25, 0.3) is 0 Å². The van der Waals surface area contributed by atoms with E-state index in [4.69, 9.17) is 4.74 Å². The molecule has 0 saturated carbocycles. The van der Waals surface area contributed by atoms with Crippen molar-refractivity contribution in [1.29, 1.82) is 0 Å². The molecule has 0 bridgehead atoms. The summed E-state index contributed by atoms with van der Waals surface area (Å²) in [5.41, 5.74) is 2.44. The molecule has 2 aromatic carbocycles. The van der Waals surface area contributed by atoms with Crippen molar-refractivity contribution in [2.24, 2.45) is 0 Å². The Bertz CT molecular complexity index is 627. The van der Waals surface area contributed by atoms with Crippen molar-refractivity contribution >= 4 is 0 Å². The number of aryl methyl sites for hydroxylation is 1. The van der Waals surface area contributed by atoms with Gasteiger partial charge in [-0.1, -0.05) is 55.5 Å². The molecule has 0 aliphatic carbocycles. The van der Waals surface area contributed by atoms with Gasteiger partial charge in [0, 0.05) is 5.56 Å². The van der Waals surface area contributed by atoms with Crippen LogP contribution in [-0.4, -0.2) is 6.61 Å². The van der Waals surface area contributed by atoms with E-state index in [2.05, 4.69) is 43.0 Å². The Morgan fingerprint density at radius 1 is 1.00 bits per heavy atom. The number of allylic oxidation sites excluding steroid dienone is 1. The molecular weight excluding hydrogens is 268 g/mol. The average Bonchev–Trinajstić information content (AvgIpc) is 2.58. The van der Waals surface area contributed by atoms with Crippen molar-refractivity contribution in [2.45, 2.75) is 26.2 Å². The van der Waals surface area contributed by atoms with Gasteiger partial charge in [-0.05, 0) is 54.8 Å². The highest BCUT2D eigenvalue weighted by atomic mass is 16.5. The topological polar surface area (TPSA) is 9.23 Å². The largest absolute Gasteiger partial charge is 0.490 e. The first kappa shape index (κ1) is 15.9. The lowest BCUT2D eigenvalue weighted by Crippen LogP contribution is -1.92. The summed E-state index contributed by atoms with van der Waals surface area (Å²) in [6.45, 7) is 2.75. The third kappa shape index (κ3) is 5.89. The van der Waals surface area contributed by atoms with Crippen molar-refractivity contribution in [1.82, 2.24) is 0 Å². The Hall–Kier alpha value is -2.46. The zero-order chi connectivity index (χ0) is 15.5. The number of para-hydroxylation sites is 1. The minimum atomic E-state index is 0.536. The fourth-order valence-corrected chi connectivity index (χ4v) is 2.03. The van der Waals surface area contributed by atoms with Crippen molar-refractivity contribution in [3.05, 3.63) is 77.9 Å². The molecule has 0 spiro atoms. The highest BCUT2D eigenvalue weighted by Gasteiger charge is 1.92. The van der Waals surface area contributed by atoms with Crippen LogP contribution >= 0.6 is 0 Å². The van der Waals surface area contributed by atoms with E-state index >= 15 is 0 Å². The quantitative estimate of drug-likeness (QED) is 0.679. The van der Waals surface area contributed by atoms with Crippen molar-refractivity contribution in [2.75, 3.05) is 6.61 Å². The zero-order valence-electron chi connectivity index (χ0n) is 13.1. The van der Waals surface area contributed by atoms with Crippen LogP contribution in [0.4, 0.5) is 0 Å². The molecule has 0 heterocycles. The molecule has 0 N–H and O–H groups in total. The standard InChI is InChI=1S/C21H22O/c1-2-3-10-19-14-16-20(17-15-19)11-6-5-9-18-22-21-12-7-4-8-13-21/h4-5,7-9,12-17H,2-3,10,18H2,1H3/b9-5-. The number of ether oxygens (including phenoxy) is 1. The average molecular weight is 290 g/mol. The predicted octanol–water partition coefficient (Wildman–Crippen LogP) is 5.02. The lowest BCUT2D eigenvalue weighted by Gasteiger charge is -2.00.